The molecule has 2 unspecified atom stereocenters. The van der Waals surface area contributed by atoms with Gasteiger partial charge in [0.15, 0.2) is 0 Å². The van der Waals surface area contributed by atoms with Crippen LogP contribution < -0.4 is 0 Å². The van der Waals surface area contributed by atoms with Crippen LogP contribution in [0.5, 0.6) is 0 Å². The van der Waals surface area contributed by atoms with Gasteiger partial charge >= 0.3 is 0 Å². The van der Waals surface area contributed by atoms with Gasteiger partial charge in [-0.05, 0) is 13.3 Å². The van der Waals surface area contributed by atoms with Gasteiger partial charge in [-0.15, -0.1) is 11.3 Å². The number of halogens is 1. The molecule has 4 heteroatoms. The summed E-state index contributed by atoms with van der Waals surface area (Å²) in [5, 5.41) is 1.01. The number of nitrogens with zero attached hydrogens (tertiary/aromatic N) is 1. The van der Waals surface area contributed by atoms with Crippen molar-refractivity contribution < 1.29 is 4.79 Å². The Labute approximate surface area is 79.6 Å². The fraction of sp³-hybridized carbons (Fsp3) is 0.500. The van der Waals surface area contributed by atoms with Crippen molar-refractivity contribution in [1.29, 1.82) is 0 Å². The van der Waals surface area contributed by atoms with Crippen molar-refractivity contribution in [3.63, 3.8) is 0 Å². The van der Waals surface area contributed by atoms with E-state index in [1.54, 1.807) is 13.1 Å². The first-order valence-corrected chi connectivity index (χ1v) is 4.99. The molecule has 12 heavy (non-hydrogen) atoms. The number of aromatic nitrogens is 1. The van der Waals surface area contributed by atoms with E-state index in [9.17, 15) is 4.79 Å². The minimum Gasteiger partial charge on any atom is -0.300 e. The minimum absolute atomic E-state index is 0.215. The molecule has 0 spiro atoms. The van der Waals surface area contributed by atoms with E-state index < -0.39 is 0 Å². The molecule has 1 aliphatic carbocycles. The Morgan fingerprint density at radius 2 is 2.58 bits per heavy atom. The third-order valence-electron chi connectivity index (χ3n) is 2.13. The smallest absolute Gasteiger partial charge is 0.133 e. The molecule has 1 heterocycles. The van der Waals surface area contributed by atoms with Crippen LogP contribution in [-0.4, -0.2) is 10.8 Å². The molecule has 64 valence electrons. The van der Waals surface area contributed by atoms with Gasteiger partial charge in [-0.2, -0.15) is 0 Å². The Bertz CT molecular complexity index is 323. The predicted molar refractivity (Wildman–Crippen MR) is 48.7 cm³/mol. The van der Waals surface area contributed by atoms with E-state index in [-0.39, 0.29) is 11.7 Å². The molecule has 1 saturated carbocycles. The van der Waals surface area contributed by atoms with Crippen molar-refractivity contribution in [1.82, 2.24) is 4.98 Å². The summed E-state index contributed by atoms with van der Waals surface area (Å²) in [5.41, 5.74) is 0. The van der Waals surface area contributed by atoms with Crippen LogP contribution in [0.15, 0.2) is 6.20 Å². The van der Waals surface area contributed by atoms with E-state index in [1.165, 1.54) is 11.3 Å². The molecule has 1 fully saturated rings. The lowest BCUT2D eigenvalue weighted by Gasteiger charge is -1.88. The monoisotopic (exact) mass is 201 g/mol. The summed E-state index contributed by atoms with van der Waals surface area (Å²) in [7, 11) is 0. The van der Waals surface area contributed by atoms with E-state index >= 15 is 0 Å². The number of thiazole rings is 1. The number of Topliss-reactive ketones (excluding diaryl/α,β-unsaturated/α-hetero) is 1. The Morgan fingerprint density at radius 1 is 1.83 bits per heavy atom. The molecule has 2 nitrogen and oxygen atoms in total. The second-order valence-corrected chi connectivity index (χ2v) is 4.76. The largest absolute Gasteiger partial charge is 0.300 e. The molecule has 2 rings (SSSR count). The van der Waals surface area contributed by atoms with Crippen LogP contribution in [-0.2, 0) is 4.79 Å². The first-order chi connectivity index (χ1) is 5.68. The van der Waals surface area contributed by atoms with Crippen molar-refractivity contribution in [3.8, 4) is 0 Å². The third kappa shape index (κ3) is 1.39. The Balaban J connectivity index is 2.10. The zero-order valence-corrected chi connectivity index (χ0v) is 8.15. The first kappa shape index (κ1) is 8.20. The minimum atomic E-state index is 0.215. The highest BCUT2D eigenvalue weighted by molar-refractivity contribution is 7.15. The van der Waals surface area contributed by atoms with E-state index in [4.69, 9.17) is 11.6 Å². The van der Waals surface area contributed by atoms with Crippen molar-refractivity contribution in [2.45, 2.75) is 19.3 Å². The molecule has 0 N–H and O–H groups in total. The van der Waals surface area contributed by atoms with Gasteiger partial charge in [-0.1, -0.05) is 11.6 Å². The number of ketones is 1. The van der Waals surface area contributed by atoms with Crippen LogP contribution in [0.2, 0.25) is 4.34 Å². The number of rotatable bonds is 2. The molecule has 0 radical (unpaired) electrons. The number of carbonyl (C=O) groups is 1. The lowest BCUT2D eigenvalue weighted by molar-refractivity contribution is -0.118. The van der Waals surface area contributed by atoms with Gasteiger partial charge in [0.25, 0.3) is 0 Å². The van der Waals surface area contributed by atoms with Gasteiger partial charge in [0.05, 0.1) is 11.2 Å². The molecule has 0 amide bonds. The second kappa shape index (κ2) is 2.82. The Hall–Kier alpha value is -0.410. The molecular weight excluding hydrogens is 194 g/mol. The summed E-state index contributed by atoms with van der Waals surface area (Å²) in [6.45, 7) is 1.64. The topological polar surface area (TPSA) is 30.0 Å². The van der Waals surface area contributed by atoms with Gasteiger partial charge in [-0.3, -0.25) is 4.79 Å². The zero-order chi connectivity index (χ0) is 8.72. The number of hydrogen-bond acceptors (Lipinski definition) is 3. The lowest BCUT2D eigenvalue weighted by Crippen LogP contribution is -1.93. The Morgan fingerprint density at radius 3 is 3.00 bits per heavy atom. The molecule has 1 aromatic rings. The van der Waals surface area contributed by atoms with Gasteiger partial charge in [0.1, 0.15) is 10.1 Å². The fourth-order valence-electron chi connectivity index (χ4n) is 1.36. The molecule has 0 aromatic carbocycles. The summed E-state index contributed by atoms with van der Waals surface area (Å²) in [6.07, 6.45) is 2.61. The zero-order valence-electron chi connectivity index (χ0n) is 6.58. The van der Waals surface area contributed by atoms with Crippen molar-refractivity contribution in [2.24, 2.45) is 5.92 Å². The van der Waals surface area contributed by atoms with E-state index in [0.717, 1.165) is 11.4 Å². The van der Waals surface area contributed by atoms with Gasteiger partial charge in [0, 0.05) is 11.8 Å². The summed E-state index contributed by atoms with van der Waals surface area (Å²) < 4.78 is 0.708. The fourth-order valence-corrected chi connectivity index (χ4v) is 2.46. The standard InChI is InChI=1S/C8H8ClNOS/c1-4(11)5-2-6(5)8-10-3-7(9)12-8/h3,5-6H,2H2,1H3. The maximum Gasteiger partial charge on any atom is 0.133 e. The Kier molecular flexibility index (Phi) is 1.93. The average molecular weight is 202 g/mol. The van der Waals surface area contributed by atoms with E-state index in [1.807, 2.05) is 0 Å². The quantitative estimate of drug-likeness (QED) is 0.736. The van der Waals surface area contributed by atoms with Crippen LogP contribution in [0.4, 0.5) is 0 Å². The lowest BCUT2D eigenvalue weighted by atomic mass is 10.2. The molecule has 0 saturated heterocycles. The van der Waals surface area contributed by atoms with Crippen LogP contribution >= 0.6 is 22.9 Å². The molecule has 0 aliphatic heterocycles. The van der Waals surface area contributed by atoms with Crippen molar-refractivity contribution in [2.75, 3.05) is 0 Å². The molecule has 0 bridgehead atoms. The van der Waals surface area contributed by atoms with Crippen molar-refractivity contribution >= 4 is 28.7 Å². The summed E-state index contributed by atoms with van der Waals surface area (Å²) in [4.78, 5) is 15.1. The normalized spacial score (nSPS) is 27.2. The second-order valence-electron chi connectivity index (χ2n) is 3.06. The maximum absolute atomic E-state index is 10.9. The van der Waals surface area contributed by atoms with Crippen LogP contribution in [0, 0.1) is 5.92 Å². The highest BCUT2D eigenvalue weighted by Gasteiger charge is 2.43. The first-order valence-electron chi connectivity index (χ1n) is 3.80. The van der Waals surface area contributed by atoms with E-state index in [0.29, 0.717) is 10.3 Å². The van der Waals surface area contributed by atoms with Gasteiger partial charge in [-0.25, -0.2) is 4.98 Å². The maximum atomic E-state index is 10.9. The number of carbonyl (C=O) groups excluding carboxylic acids is 1. The highest BCUT2D eigenvalue weighted by atomic mass is 35.5. The van der Waals surface area contributed by atoms with Crippen LogP contribution in [0.25, 0.3) is 0 Å². The summed E-state index contributed by atoms with van der Waals surface area (Å²) >= 11 is 7.21. The van der Waals surface area contributed by atoms with Gasteiger partial charge < -0.3 is 0 Å². The number of hydrogen-bond donors (Lipinski definition) is 0. The van der Waals surface area contributed by atoms with E-state index in [2.05, 4.69) is 4.98 Å². The average Bonchev–Trinajstić information content (AvgIpc) is 2.70. The predicted octanol–water partition coefficient (Wildman–Crippen LogP) is 2.49. The third-order valence-corrected chi connectivity index (χ3v) is 3.37. The SMILES string of the molecule is CC(=O)C1CC1c1ncc(Cl)s1. The summed E-state index contributed by atoms with van der Waals surface area (Å²) in [5.74, 6) is 0.846. The molecule has 2 atom stereocenters. The molecular formula is C8H8ClNOS. The van der Waals surface area contributed by atoms with Crippen molar-refractivity contribution in [3.05, 3.63) is 15.5 Å². The highest BCUT2D eigenvalue weighted by Crippen LogP contribution is 2.49. The van der Waals surface area contributed by atoms with Crippen LogP contribution in [0.3, 0.4) is 0 Å². The molecule has 1 aliphatic rings. The van der Waals surface area contributed by atoms with Crippen LogP contribution in [0.1, 0.15) is 24.3 Å². The summed E-state index contributed by atoms with van der Waals surface area (Å²) in [6, 6.07) is 0. The van der Waals surface area contributed by atoms with Gasteiger partial charge in [0.2, 0.25) is 0 Å². The molecule has 1 aromatic heterocycles.